The molecule has 4 aromatic rings. The second-order valence-corrected chi connectivity index (χ2v) is 15.4. The fourth-order valence-corrected chi connectivity index (χ4v) is 7.33. The van der Waals surface area contributed by atoms with Gasteiger partial charge in [-0.05, 0) is 103 Å². The maximum absolute atomic E-state index is 14.6. The Morgan fingerprint density at radius 3 is 2.02 bits per heavy atom. The van der Waals surface area contributed by atoms with E-state index in [1.165, 1.54) is 24.4 Å². The summed E-state index contributed by atoms with van der Waals surface area (Å²) in [4.78, 5) is 69.9. The van der Waals surface area contributed by atoms with Crippen LogP contribution < -0.4 is 42.6 Å². The lowest BCUT2D eigenvalue weighted by atomic mass is 9.93. The molecule has 5 rings (SSSR count). The summed E-state index contributed by atoms with van der Waals surface area (Å²) in [7, 11) is 1.44. The smallest absolute Gasteiger partial charge is 0.326 e. The van der Waals surface area contributed by atoms with Crippen LogP contribution in [0.3, 0.4) is 0 Å². The SMILES string of the molecule is CCCCc1ccc(-c2ccc(C(=O)N[C@@H](CCCN)C(=O)N(C)[C@@H]3C(=O)N[C@@H](C)C(=O)N[C@H](C(=O)O)Cc4ccc(OCCN)c(c4)-c4cc3ccc4OCCN)cc2)cc1. The minimum atomic E-state index is -1.36. The van der Waals surface area contributed by atoms with Gasteiger partial charge in [-0.2, -0.15) is 0 Å². The highest BCUT2D eigenvalue weighted by atomic mass is 16.5. The number of benzene rings is 4. The molecule has 10 N–H and O–H groups in total. The van der Waals surface area contributed by atoms with Gasteiger partial charge in [0.25, 0.3) is 5.91 Å². The topological polar surface area (TPSA) is 241 Å². The van der Waals surface area contributed by atoms with Crippen LogP contribution in [-0.2, 0) is 32.0 Å². The number of carboxylic acids is 1. The number of likely N-dealkylation sites (N-methyl/N-ethyl adjacent to an activating group) is 1. The molecule has 1 aliphatic rings. The number of rotatable bonds is 18. The number of fused-ring (bicyclic) bond motifs is 5. The zero-order valence-electron chi connectivity index (χ0n) is 35.7. The van der Waals surface area contributed by atoms with Gasteiger partial charge in [-0.25, -0.2) is 4.79 Å². The maximum atomic E-state index is 14.6. The van der Waals surface area contributed by atoms with Crippen LogP contribution in [0.4, 0.5) is 0 Å². The Kier molecular flexibility index (Phi) is 17.0. The van der Waals surface area contributed by atoms with E-state index >= 15 is 0 Å². The van der Waals surface area contributed by atoms with Crippen molar-refractivity contribution in [2.24, 2.45) is 17.2 Å². The number of hydrogen-bond donors (Lipinski definition) is 7. The van der Waals surface area contributed by atoms with E-state index in [0.29, 0.717) is 45.7 Å². The normalized spacial score (nSPS) is 16.8. The molecule has 0 aromatic heterocycles. The third-order valence-corrected chi connectivity index (χ3v) is 10.7. The van der Waals surface area contributed by atoms with Crippen LogP contribution in [0.1, 0.15) is 72.6 Å². The molecule has 4 bridgehead atoms. The number of nitrogens with two attached hydrogens (primary N) is 3. The van der Waals surface area contributed by atoms with Crippen LogP contribution >= 0.6 is 0 Å². The molecule has 15 heteroatoms. The number of aryl methyl sites for hydroxylation is 1. The first-order valence-corrected chi connectivity index (χ1v) is 21.1. The van der Waals surface area contributed by atoms with Crippen molar-refractivity contribution in [2.75, 3.05) is 39.9 Å². The predicted molar refractivity (Wildman–Crippen MR) is 237 cm³/mol. The molecule has 0 fully saturated rings. The summed E-state index contributed by atoms with van der Waals surface area (Å²) in [6, 6.07) is 20.5. The van der Waals surface area contributed by atoms with Crippen molar-refractivity contribution < 1.29 is 38.6 Å². The van der Waals surface area contributed by atoms with E-state index in [9.17, 15) is 29.1 Å². The maximum Gasteiger partial charge on any atom is 0.326 e. The largest absolute Gasteiger partial charge is 0.492 e. The van der Waals surface area contributed by atoms with Gasteiger partial charge in [0.05, 0.1) is 0 Å². The van der Waals surface area contributed by atoms with Gasteiger partial charge >= 0.3 is 5.97 Å². The first-order chi connectivity index (χ1) is 29.9. The Labute approximate surface area is 362 Å². The van der Waals surface area contributed by atoms with Gasteiger partial charge in [0.1, 0.15) is 48.9 Å². The number of carboxylic acid groups (broad SMARTS) is 1. The van der Waals surface area contributed by atoms with Gasteiger partial charge in [0, 0.05) is 43.2 Å². The number of amides is 4. The number of carbonyl (C=O) groups is 5. The molecule has 1 aliphatic heterocycles. The van der Waals surface area contributed by atoms with Gasteiger partial charge in [0.2, 0.25) is 17.7 Å². The van der Waals surface area contributed by atoms with E-state index in [4.69, 9.17) is 26.7 Å². The van der Waals surface area contributed by atoms with Crippen LogP contribution in [0.5, 0.6) is 11.5 Å². The average Bonchev–Trinajstić information content (AvgIpc) is 3.27. The molecule has 15 nitrogen and oxygen atoms in total. The third-order valence-electron chi connectivity index (χ3n) is 10.7. The Morgan fingerprint density at radius 1 is 0.806 bits per heavy atom. The van der Waals surface area contributed by atoms with Gasteiger partial charge in [0.15, 0.2) is 0 Å². The van der Waals surface area contributed by atoms with Crippen LogP contribution in [0.15, 0.2) is 84.9 Å². The van der Waals surface area contributed by atoms with E-state index < -0.39 is 53.8 Å². The summed E-state index contributed by atoms with van der Waals surface area (Å²) in [6.07, 6.45) is 3.73. The molecule has 0 saturated carbocycles. The second kappa shape index (κ2) is 22.5. The third kappa shape index (κ3) is 12.0. The molecule has 1 heterocycles. The summed E-state index contributed by atoms with van der Waals surface area (Å²) in [5, 5.41) is 18.2. The second-order valence-electron chi connectivity index (χ2n) is 15.4. The molecule has 4 aromatic carbocycles. The summed E-state index contributed by atoms with van der Waals surface area (Å²) in [5.41, 5.74) is 22.9. The molecule has 0 saturated heterocycles. The van der Waals surface area contributed by atoms with Crippen molar-refractivity contribution in [3.05, 3.63) is 107 Å². The Morgan fingerprint density at radius 2 is 1.42 bits per heavy atom. The lowest BCUT2D eigenvalue weighted by Gasteiger charge is -2.32. The van der Waals surface area contributed by atoms with E-state index in [0.717, 1.165) is 30.4 Å². The van der Waals surface area contributed by atoms with Crippen molar-refractivity contribution in [1.82, 2.24) is 20.9 Å². The first kappa shape index (κ1) is 46.8. The van der Waals surface area contributed by atoms with Crippen LogP contribution in [0, 0.1) is 0 Å². The van der Waals surface area contributed by atoms with Crippen molar-refractivity contribution in [3.63, 3.8) is 0 Å². The summed E-state index contributed by atoms with van der Waals surface area (Å²) in [5.74, 6) is -3.05. The molecule has 0 unspecified atom stereocenters. The molecule has 4 amide bonds. The first-order valence-electron chi connectivity index (χ1n) is 21.1. The molecule has 0 radical (unpaired) electrons. The quantitative estimate of drug-likeness (QED) is 0.0762. The van der Waals surface area contributed by atoms with Gasteiger partial charge < -0.3 is 52.6 Å². The lowest BCUT2D eigenvalue weighted by Crippen LogP contribution is -2.54. The van der Waals surface area contributed by atoms with Gasteiger partial charge in [-0.15, -0.1) is 0 Å². The van der Waals surface area contributed by atoms with Gasteiger partial charge in [-0.3, -0.25) is 19.2 Å². The monoisotopic (exact) mass is 849 g/mol. The zero-order valence-corrected chi connectivity index (χ0v) is 35.7. The average molecular weight is 850 g/mol. The standard InChI is InChI=1S/C47H59N7O8/c1-4-5-7-30-9-12-32(13-10-30)33-14-16-34(17-15-33)44(56)52-38(8-6-21-48)46(58)54(3)42-35-18-20-41(62-25-23-50)37(28-35)36-26-31(11-19-40(36)61-24-22-49)27-39(47(59)60)53-43(55)29(2)51-45(42)57/h9-20,26,28-29,38-39,42H,4-8,21-25,27,48-50H2,1-3H3,(H,51,57)(H,52,56)(H,53,55)(H,59,60)/t29-,38-,39-,42-/m0/s1. The van der Waals surface area contributed by atoms with Crippen molar-refractivity contribution in [2.45, 2.75) is 76.5 Å². The molecular formula is C47H59N7O8. The Balaban J connectivity index is 1.53. The number of aliphatic carboxylic acids is 1. The number of hydrogen-bond acceptors (Lipinski definition) is 10. The van der Waals surface area contributed by atoms with Crippen molar-refractivity contribution in [3.8, 4) is 33.8 Å². The highest BCUT2D eigenvalue weighted by Gasteiger charge is 2.36. The molecule has 0 spiro atoms. The summed E-state index contributed by atoms with van der Waals surface area (Å²) >= 11 is 0. The number of unbranched alkanes of at least 4 members (excludes halogenated alkanes) is 1. The van der Waals surface area contributed by atoms with Crippen molar-refractivity contribution in [1.29, 1.82) is 0 Å². The minimum Gasteiger partial charge on any atom is -0.492 e. The fourth-order valence-electron chi connectivity index (χ4n) is 7.33. The van der Waals surface area contributed by atoms with Crippen LogP contribution in [0.2, 0.25) is 0 Å². The van der Waals surface area contributed by atoms with Crippen molar-refractivity contribution >= 4 is 29.6 Å². The number of nitrogens with one attached hydrogen (secondary N) is 3. The van der Waals surface area contributed by atoms with E-state index in [-0.39, 0.29) is 45.7 Å². The van der Waals surface area contributed by atoms with Crippen LogP contribution in [0.25, 0.3) is 22.3 Å². The zero-order chi connectivity index (χ0) is 44.8. The molecule has 0 aliphatic carbocycles. The molecular weight excluding hydrogens is 791 g/mol. The van der Waals surface area contributed by atoms with E-state index in [1.54, 1.807) is 48.5 Å². The molecule has 330 valence electrons. The highest BCUT2D eigenvalue weighted by molar-refractivity contribution is 5.99. The summed E-state index contributed by atoms with van der Waals surface area (Å²) < 4.78 is 12.1. The predicted octanol–water partition coefficient (Wildman–Crippen LogP) is 3.71. The van der Waals surface area contributed by atoms with E-state index in [2.05, 4.69) is 47.1 Å². The van der Waals surface area contributed by atoms with Gasteiger partial charge in [-0.1, -0.05) is 61.9 Å². The molecule has 4 atom stereocenters. The van der Waals surface area contributed by atoms with Crippen LogP contribution in [-0.4, -0.2) is 97.6 Å². The Hall–Kier alpha value is -6.29. The Bertz CT molecular complexity index is 2180. The number of ether oxygens (including phenoxy) is 2. The molecule has 62 heavy (non-hydrogen) atoms. The summed E-state index contributed by atoms with van der Waals surface area (Å²) in [6.45, 7) is 4.54. The highest BCUT2D eigenvalue weighted by Crippen LogP contribution is 2.40. The lowest BCUT2D eigenvalue weighted by molar-refractivity contribution is -0.143. The number of carbonyl (C=O) groups excluding carboxylic acids is 4. The van der Waals surface area contributed by atoms with E-state index in [1.807, 2.05) is 12.1 Å². The fraction of sp³-hybridized carbons (Fsp3) is 0.383. The minimum absolute atomic E-state index is 0.0858. The number of nitrogens with zero attached hydrogens (tertiary/aromatic N) is 1.